The lowest BCUT2D eigenvalue weighted by Crippen LogP contribution is -3.07. The van der Waals surface area contributed by atoms with Crippen molar-refractivity contribution in [3.63, 3.8) is 0 Å². The van der Waals surface area contributed by atoms with Gasteiger partial charge in [0.05, 0.1) is 13.1 Å². The second-order valence-electron chi connectivity index (χ2n) is 2.44. The van der Waals surface area contributed by atoms with Crippen molar-refractivity contribution in [2.24, 2.45) is 11.7 Å². The molecule has 0 aromatic heterocycles. The van der Waals surface area contributed by atoms with Crippen LogP contribution in [0.3, 0.4) is 0 Å². The third-order valence-corrected chi connectivity index (χ3v) is 1.37. The number of nitrogens with two attached hydrogens (primary N) is 1. The van der Waals surface area contributed by atoms with Crippen LogP contribution in [0.2, 0.25) is 0 Å². The van der Waals surface area contributed by atoms with E-state index in [1.54, 1.807) is 0 Å². The summed E-state index contributed by atoms with van der Waals surface area (Å²) in [6, 6.07) is 0. The average Bonchev–Trinajstić information content (AvgIpc) is 1.87. The van der Waals surface area contributed by atoms with Crippen LogP contribution in [-0.2, 0) is 0 Å². The first-order valence-corrected chi connectivity index (χ1v) is 3.42. The Bertz CT molecular complexity index is 60.1. The van der Waals surface area contributed by atoms with Crippen molar-refractivity contribution in [3.8, 4) is 0 Å². The van der Waals surface area contributed by atoms with Gasteiger partial charge in [-0.2, -0.15) is 0 Å². The molecule has 2 unspecified atom stereocenters. The first kappa shape index (κ1) is 8.88. The van der Waals surface area contributed by atoms with Crippen molar-refractivity contribution in [2.75, 3.05) is 19.6 Å². The van der Waals surface area contributed by atoms with Crippen LogP contribution in [0.1, 0.15) is 13.8 Å². The van der Waals surface area contributed by atoms with Crippen LogP contribution in [0.15, 0.2) is 0 Å². The van der Waals surface area contributed by atoms with Gasteiger partial charge in [-0.15, -0.1) is 0 Å². The number of hydrogen-bond acceptors (Lipinski definition) is 2. The molecule has 0 rings (SSSR count). The van der Waals surface area contributed by atoms with Crippen molar-refractivity contribution >= 4 is 0 Å². The maximum Gasteiger partial charge on any atom is 0.0806 e. The molecule has 0 heterocycles. The second kappa shape index (κ2) is 4.73. The quantitative estimate of drug-likeness (QED) is 0.481. The number of quaternary nitrogens is 1. The summed E-state index contributed by atoms with van der Waals surface area (Å²) in [5.74, 6) is 0.359. The first-order chi connectivity index (χ1) is 4.20. The Balaban J connectivity index is 3.22. The molecule has 0 spiro atoms. The monoisotopic (exact) mass is 132 g/mol. The van der Waals surface area contributed by atoms with Gasteiger partial charge < -0.3 is 16.0 Å². The molecular formula is C6H16N2O. The lowest BCUT2D eigenvalue weighted by molar-refractivity contribution is -0.849. The standard InChI is InChI=1S/C6H16N2O/c1-3-8(9)5-6(2)4-7/h6,8H,3-5,7H2,1-2H3. The summed E-state index contributed by atoms with van der Waals surface area (Å²) in [5.41, 5.74) is 5.32. The molecule has 56 valence electrons. The molecule has 0 fully saturated rings. The van der Waals surface area contributed by atoms with E-state index in [2.05, 4.69) is 0 Å². The van der Waals surface area contributed by atoms with Gasteiger partial charge in [0.1, 0.15) is 0 Å². The molecule has 9 heavy (non-hydrogen) atoms. The van der Waals surface area contributed by atoms with E-state index in [4.69, 9.17) is 5.73 Å². The van der Waals surface area contributed by atoms with Crippen LogP contribution in [0.5, 0.6) is 0 Å². The molecule has 0 aromatic carbocycles. The third-order valence-electron chi connectivity index (χ3n) is 1.37. The van der Waals surface area contributed by atoms with Crippen molar-refractivity contribution in [2.45, 2.75) is 13.8 Å². The lowest BCUT2D eigenvalue weighted by Gasteiger charge is -2.22. The fourth-order valence-corrected chi connectivity index (χ4v) is 0.616. The van der Waals surface area contributed by atoms with Crippen molar-refractivity contribution in [3.05, 3.63) is 5.21 Å². The molecule has 3 heteroatoms. The number of rotatable bonds is 4. The minimum absolute atomic E-state index is 0.313. The van der Waals surface area contributed by atoms with Gasteiger partial charge in [0, 0.05) is 12.5 Å². The highest BCUT2D eigenvalue weighted by Gasteiger charge is 2.01. The van der Waals surface area contributed by atoms with Gasteiger partial charge in [-0.1, -0.05) is 6.92 Å². The Kier molecular flexibility index (Phi) is 4.67. The Morgan fingerprint density at radius 1 is 1.67 bits per heavy atom. The van der Waals surface area contributed by atoms with Gasteiger partial charge >= 0.3 is 0 Å². The largest absolute Gasteiger partial charge is 0.634 e. The average molecular weight is 132 g/mol. The second-order valence-corrected chi connectivity index (χ2v) is 2.44. The Morgan fingerprint density at radius 3 is 2.56 bits per heavy atom. The van der Waals surface area contributed by atoms with E-state index >= 15 is 0 Å². The Hall–Kier alpha value is -0.120. The highest BCUT2D eigenvalue weighted by Crippen LogP contribution is 1.82. The molecule has 0 saturated heterocycles. The first-order valence-electron chi connectivity index (χ1n) is 3.42. The number of hydroxylamine groups is 2. The summed E-state index contributed by atoms with van der Waals surface area (Å²) >= 11 is 0. The minimum Gasteiger partial charge on any atom is -0.634 e. The highest BCUT2D eigenvalue weighted by molar-refractivity contribution is 4.47. The maximum atomic E-state index is 10.7. The maximum absolute atomic E-state index is 10.7. The third kappa shape index (κ3) is 4.39. The van der Waals surface area contributed by atoms with Crippen molar-refractivity contribution in [1.29, 1.82) is 0 Å². The van der Waals surface area contributed by atoms with E-state index < -0.39 is 0 Å². The molecule has 2 atom stereocenters. The van der Waals surface area contributed by atoms with Crippen LogP contribution >= 0.6 is 0 Å². The van der Waals surface area contributed by atoms with E-state index in [0.29, 0.717) is 30.6 Å². The van der Waals surface area contributed by atoms with Crippen LogP contribution < -0.4 is 10.8 Å². The summed E-state index contributed by atoms with van der Waals surface area (Å²) in [5, 5.41) is 11.0. The van der Waals surface area contributed by atoms with Crippen LogP contribution in [-0.4, -0.2) is 19.6 Å². The molecule has 3 N–H and O–H groups in total. The van der Waals surface area contributed by atoms with E-state index in [0.717, 1.165) is 0 Å². The van der Waals surface area contributed by atoms with Gasteiger partial charge in [0.25, 0.3) is 0 Å². The normalized spacial score (nSPS) is 17.3. The van der Waals surface area contributed by atoms with Gasteiger partial charge in [0.15, 0.2) is 0 Å². The van der Waals surface area contributed by atoms with E-state index in [9.17, 15) is 5.21 Å². The molecule has 3 nitrogen and oxygen atoms in total. The molecule has 0 aliphatic rings. The van der Waals surface area contributed by atoms with Crippen LogP contribution in [0, 0.1) is 11.1 Å². The van der Waals surface area contributed by atoms with E-state index in [-0.39, 0.29) is 0 Å². The van der Waals surface area contributed by atoms with E-state index in [1.807, 2.05) is 13.8 Å². The molecule has 0 radical (unpaired) electrons. The van der Waals surface area contributed by atoms with Gasteiger partial charge in [-0.25, -0.2) is 0 Å². The zero-order valence-corrected chi connectivity index (χ0v) is 6.18. The van der Waals surface area contributed by atoms with Gasteiger partial charge in [-0.05, 0) is 6.92 Å². The van der Waals surface area contributed by atoms with Crippen molar-refractivity contribution < 1.29 is 5.06 Å². The molecule has 0 amide bonds. The molecule has 0 aliphatic heterocycles. The number of nitrogens with one attached hydrogen (secondary N) is 1. The molecule has 0 aliphatic carbocycles. The minimum atomic E-state index is 0.313. The molecule has 0 aromatic rings. The predicted octanol–water partition coefficient (Wildman–Crippen LogP) is -1.02. The Labute approximate surface area is 56.4 Å². The van der Waals surface area contributed by atoms with Crippen LogP contribution in [0.4, 0.5) is 0 Å². The summed E-state index contributed by atoms with van der Waals surface area (Å²) in [6.45, 7) is 5.78. The summed E-state index contributed by atoms with van der Waals surface area (Å²) < 4.78 is 0. The SMILES string of the molecule is CC[NH+]([O-])CC(C)CN. The predicted molar refractivity (Wildman–Crippen MR) is 38.0 cm³/mol. The summed E-state index contributed by atoms with van der Waals surface area (Å²) in [4.78, 5) is 0. The fraction of sp³-hybridized carbons (Fsp3) is 1.00. The smallest absolute Gasteiger partial charge is 0.0806 e. The van der Waals surface area contributed by atoms with E-state index in [1.165, 1.54) is 0 Å². The molecule has 0 saturated carbocycles. The Morgan fingerprint density at radius 2 is 2.22 bits per heavy atom. The fourth-order valence-electron chi connectivity index (χ4n) is 0.616. The molecular weight excluding hydrogens is 116 g/mol. The number of hydrogen-bond donors (Lipinski definition) is 2. The zero-order chi connectivity index (χ0) is 7.28. The summed E-state index contributed by atoms with van der Waals surface area (Å²) in [7, 11) is 0. The lowest BCUT2D eigenvalue weighted by atomic mass is 10.2. The zero-order valence-electron chi connectivity index (χ0n) is 6.18. The molecule has 0 bridgehead atoms. The van der Waals surface area contributed by atoms with Gasteiger partial charge in [-0.3, -0.25) is 0 Å². The van der Waals surface area contributed by atoms with Crippen LogP contribution in [0.25, 0.3) is 0 Å². The van der Waals surface area contributed by atoms with Gasteiger partial charge in [0.2, 0.25) is 0 Å². The van der Waals surface area contributed by atoms with Crippen molar-refractivity contribution in [1.82, 2.24) is 0 Å². The topological polar surface area (TPSA) is 53.5 Å². The highest BCUT2D eigenvalue weighted by atomic mass is 16.5. The summed E-state index contributed by atoms with van der Waals surface area (Å²) in [6.07, 6.45) is 0.